The zero-order chi connectivity index (χ0) is 4.50. The Labute approximate surface area is 61.5 Å². The Balaban J connectivity index is -0.0000000800. The molecule has 0 unspecified atom stereocenters. The monoisotopic (exact) mass is 230 g/mol. The van der Waals surface area contributed by atoms with E-state index in [4.69, 9.17) is 19.2 Å². The summed E-state index contributed by atoms with van der Waals surface area (Å²) in [6, 6.07) is 0. The first-order valence-corrected chi connectivity index (χ1v) is 2.19. The van der Waals surface area contributed by atoms with Gasteiger partial charge >= 0.3 is 0 Å². The van der Waals surface area contributed by atoms with Crippen molar-refractivity contribution in [1.29, 1.82) is 0 Å². The van der Waals surface area contributed by atoms with Crippen molar-refractivity contribution in [2.75, 3.05) is 0 Å². The normalized spacial score (nSPS) is 8.43. The van der Waals surface area contributed by atoms with Crippen molar-refractivity contribution in [3.63, 3.8) is 0 Å². The standard InChI is InChI=1S/Mn.H3O4P.Se/c;1-5(2,3)4;/h;(H3,1,2,3,4);/q;;-2/p-3. The number of hydrogen-bond acceptors (Lipinski definition) is 4. The van der Waals surface area contributed by atoms with E-state index in [0.717, 1.165) is 0 Å². The molecule has 0 aliphatic rings. The molecule has 0 N–H and O–H groups in total. The van der Waals surface area contributed by atoms with E-state index in [9.17, 15) is 0 Å². The second-order valence-corrected chi connectivity index (χ2v) is 1.34. The Bertz CT molecular complexity index is 57.8. The van der Waals surface area contributed by atoms with Gasteiger partial charge in [-0.1, -0.05) is 0 Å². The Kier molecular flexibility index (Phi) is 11.9. The van der Waals surface area contributed by atoms with Crippen molar-refractivity contribution in [3.05, 3.63) is 0 Å². The summed E-state index contributed by atoms with van der Waals surface area (Å²) < 4.78 is 8.55. The van der Waals surface area contributed by atoms with Gasteiger partial charge < -0.3 is 36.3 Å². The average molecular weight is 229 g/mol. The first-order chi connectivity index (χ1) is 2.00. The molecular weight excluding hydrogens is 229 g/mol. The van der Waals surface area contributed by atoms with E-state index >= 15 is 0 Å². The first-order valence-electron chi connectivity index (χ1n) is 0.730. The Morgan fingerprint density at radius 1 is 1.14 bits per heavy atom. The molecule has 0 aromatic rings. The molecule has 0 heterocycles. The van der Waals surface area contributed by atoms with E-state index in [2.05, 4.69) is 0 Å². The predicted octanol–water partition coefficient (Wildman–Crippen LogP) is -3.21. The summed E-state index contributed by atoms with van der Waals surface area (Å²) in [5.41, 5.74) is 0. The molecule has 0 fully saturated rings. The SMILES string of the molecule is O=P([O-])([O-])[O-].[Mn].[Se-2]. The summed E-state index contributed by atoms with van der Waals surface area (Å²) in [6.45, 7) is 0. The summed E-state index contributed by atoms with van der Waals surface area (Å²) >= 11 is 0. The first kappa shape index (κ1) is 15.7. The second kappa shape index (κ2) is 5.29. The van der Waals surface area contributed by atoms with Gasteiger partial charge in [-0.05, 0) is 0 Å². The van der Waals surface area contributed by atoms with Crippen LogP contribution in [0.3, 0.4) is 0 Å². The van der Waals surface area contributed by atoms with Crippen LogP contribution in [0.5, 0.6) is 0 Å². The van der Waals surface area contributed by atoms with Gasteiger partial charge in [0, 0.05) is 17.1 Å². The molecule has 0 spiro atoms. The summed E-state index contributed by atoms with van der Waals surface area (Å²) in [5, 5.41) is 0. The third-order valence-electron chi connectivity index (χ3n) is 0. The number of rotatable bonds is 0. The molecule has 1 radical (unpaired) electrons. The molecule has 0 aromatic carbocycles. The zero-order valence-electron chi connectivity index (χ0n) is 2.87. The molecule has 7 heavy (non-hydrogen) atoms. The van der Waals surface area contributed by atoms with E-state index in [1.807, 2.05) is 0 Å². The van der Waals surface area contributed by atoms with E-state index in [1.54, 1.807) is 0 Å². The molecule has 0 saturated heterocycles. The quantitative estimate of drug-likeness (QED) is 0.323. The van der Waals surface area contributed by atoms with Crippen LogP contribution in [0.25, 0.3) is 0 Å². The Morgan fingerprint density at radius 3 is 1.14 bits per heavy atom. The summed E-state index contributed by atoms with van der Waals surface area (Å²) in [6.07, 6.45) is 0. The molecular formula is MnO4PSe-5. The van der Waals surface area contributed by atoms with Crippen molar-refractivity contribution in [2.24, 2.45) is 0 Å². The van der Waals surface area contributed by atoms with Crippen molar-refractivity contribution in [2.45, 2.75) is 0 Å². The van der Waals surface area contributed by atoms with Crippen molar-refractivity contribution in [1.82, 2.24) is 0 Å². The van der Waals surface area contributed by atoms with E-state index in [1.165, 1.54) is 0 Å². The van der Waals surface area contributed by atoms with Gasteiger partial charge in [0.05, 0.1) is 0 Å². The average Bonchev–Trinajstić information content (AvgIpc) is 0.722. The third kappa shape index (κ3) is 144. The fourth-order valence-corrected chi connectivity index (χ4v) is 0. The van der Waals surface area contributed by atoms with Gasteiger partial charge in [-0.25, -0.2) is 0 Å². The Hall–Kier alpha value is 1.15. The fourth-order valence-electron chi connectivity index (χ4n) is 0. The smallest absolute Gasteiger partial charge is 0 e. The van der Waals surface area contributed by atoms with Crippen LogP contribution in [-0.4, -0.2) is 17.1 Å². The van der Waals surface area contributed by atoms with Crippen LogP contribution in [-0.2, 0) is 21.6 Å². The molecule has 0 aliphatic heterocycles. The van der Waals surface area contributed by atoms with Crippen molar-refractivity contribution >= 4 is 24.9 Å². The number of hydrogen-bond donors (Lipinski definition) is 0. The minimum absolute atomic E-state index is 0. The van der Waals surface area contributed by atoms with E-state index in [0.29, 0.717) is 0 Å². The third-order valence-corrected chi connectivity index (χ3v) is 0. The maximum Gasteiger partial charge on any atom is 0 e. The fraction of sp³-hybridized carbons (Fsp3) is 0. The van der Waals surface area contributed by atoms with Crippen molar-refractivity contribution in [3.8, 4) is 0 Å². The van der Waals surface area contributed by atoms with Crippen LogP contribution in [0, 0.1) is 0 Å². The van der Waals surface area contributed by atoms with Gasteiger partial charge in [0.1, 0.15) is 0 Å². The van der Waals surface area contributed by atoms with Gasteiger partial charge in [0.2, 0.25) is 0 Å². The van der Waals surface area contributed by atoms with Gasteiger partial charge in [-0.15, -0.1) is 0 Å². The van der Waals surface area contributed by atoms with E-state index < -0.39 is 7.82 Å². The van der Waals surface area contributed by atoms with Crippen LogP contribution in [0.4, 0.5) is 0 Å². The topological polar surface area (TPSA) is 86.2 Å². The molecule has 0 rings (SSSR count). The van der Waals surface area contributed by atoms with E-state index in [-0.39, 0.29) is 34.1 Å². The summed E-state index contributed by atoms with van der Waals surface area (Å²) in [4.78, 5) is 25.6. The molecule has 4 nitrogen and oxygen atoms in total. The number of phosphoric acid groups is 1. The minimum Gasteiger partial charge on any atom is -2.00 e. The maximum atomic E-state index is 8.55. The molecule has 0 bridgehead atoms. The van der Waals surface area contributed by atoms with Crippen LogP contribution in [0.15, 0.2) is 0 Å². The molecule has 47 valence electrons. The summed E-state index contributed by atoms with van der Waals surface area (Å²) in [5.74, 6) is 0. The molecule has 0 amide bonds. The van der Waals surface area contributed by atoms with Crippen LogP contribution < -0.4 is 14.7 Å². The van der Waals surface area contributed by atoms with Crippen LogP contribution in [0.1, 0.15) is 0 Å². The largest absolute Gasteiger partial charge is 2.00 e. The van der Waals surface area contributed by atoms with Crippen LogP contribution >= 0.6 is 7.82 Å². The molecule has 0 aliphatic carbocycles. The Morgan fingerprint density at radius 2 is 1.14 bits per heavy atom. The maximum absolute atomic E-state index is 8.55. The van der Waals surface area contributed by atoms with Gasteiger partial charge in [-0.2, -0.15) is 7.82 Å². The summed E-state index contributed by atoms with van der Waals surface area (Å²) in [7, 11) is -5.39. The zero-order valence-corrected chi connectivity index (χ0v) is 6.65. The molecule has 0 aromatic heterocycles. The molecule has 0 atom stereocenters. The van der Waals surface area contributed by atoms with Gasteiger partial charge in [-0.3, -0.25) is 0 Å². The second-order valence-electron chi connectivity index (χ2n) is 0.447. The predicted molar refractivity (Wildman–Crippen MR) is 13.4 cm³/mol. The molecule has 0 saturated carbocycles. The van der Waals surface area contributed by atoms with Gasteiger partial charge in [0.15, 0.2) is 0 Å². The van der Waals surface area contributed by atoms with Crippen molar-refractivity contribution < 1.29 is 36.3 Å². The molecule has 7 heteroatoms. The minimum atomic E-state index is -5.39. The van der Waals surface area contributed by atoms with Gasteiger partial charge in [0.25, 0.3) is 0 Å². The van der Waals surface area contributed by atoms with Crippen LogP contribution in [0.2, 0.25) is 0 Å².